The van der Waals surface area contributed by atoms with Crippen LogP contribution in [0.5, 0.6) is 0 Å². The summed E-state index contributed by atoms with van der Waals surface area (Å²) < 4.78 is 19.5. The number of oxazole rings is 1. The second-order valence-electron chi connectivity index (χ2n) is 5.77. The molecule has 1 N–H and O–H groups in total. The van der Waals surface area contributed by atoms with Crippen LogP contribution >= 0.6 is 34.7 Å². The predicted molar refractivity (Wildman–Crippen MR) is 110 cm³/mol. The number of thioether (sulfide) groups is 1. The summed E-state index contributed by atoms with van der Waals surface area (Å²) in [5.74, 6) is 1.63. The zero-order chi connectivity index (χ0) is 19.3. The molecule has 4 aromatic rings. The van der Waals surface area contributed by atoms with Gasteiger partial charge in [-0.15, -0.1) is 10.2 Å². The largest absolute Gasteiger partial charge is 0.440 e. The van der Waals surface area contributed by atoms with E-state index in [-0.39, 0.29) is 5.82 Å². The molecule has 2 aromatic heterocycles. The van der Waals surface area contributed by atoms with Gasteiger partial charge in [-0.05, 0) is 42.0 Å². The number of rotatable bonds is 7. The molecule has 0 unspecified atom stereocenters. The fourth-order valence-corrected chi connectivity index (χ4v) is 4.09. The highest BCUT2D eigenvalue weighted by Gasteiger charge is 2.10. The van der Waals surface area contributed by atoms with Crippen LogP contribution in [0.25, 0.3) is 11.3 Å². The summed E-state index contributed by atoms with van der Waals surface area (Å²) in [4.78, 5) is 4.31. The number of benzene rings is 2. The van der Waals surface area contributed by atoms with Crippen LogP contribution in [0, 0.1) is 5.82 Å². The molecule has 28 heavy (non-hydrogen) atoms. The van der Waals surface area contributed by atoms with Crippen LogP contribution < -0.4 is 5.32 Å². The number of nitrogens with zero attached hydrogens (tertiary/aromatic N) is 3. The van der Waals surface area contributed by atoms with Gasteiger partial charge in [-0.1, -0.05) is 46.8 Å². The van der Waals surface area contributed by atoms with Gasteiger partial charge >= 0.3 is 0 Å². The molecule has 2 aromatic carbocycles. The van der Waals surface area contributed by atoms with E-state index in [0.29, 0.717) is 34.1 Å². The standard InChI is InChI=1S/C19H14ClFN4OS2/c20-14-5-3-13(4-6-14)16-10-22-17(26-16)11-27-19-25-24-18(28-19)23-9-12-1-7-15(21)8-2-12/h1-8,10H,9,11H2,(H,23,24). The highest BCUT2D eigenvalue weighted by Crippen LogP contribution is 2.30. The van der Waals surface area contributed by atoms with Gasteiger partial charge in [-0.25, -0.2) is 9.37 Å². The predicted octanol–water partition coefficient (Wildman–Crippen LogP) is 5.89. The van der Waals surface area contributed by atoms with Gasteiger partial charge in [-0.2, -0.15) is 0 Å². The first-order valence-electron chi connectivity index (χ1n) is 8.31. The smallest absolute Gasteiger partial charge is 0.206 e. The van der Waals surface area contributed by atoms with Crippen LogP contribution in [-0.4, -0.2) is 15.2 Å². The van der Waals surface area contributed by atoms with E-state index in [1.165, 1.54) is 35.2 Å². The minimum absolute atomic E-state index is 0.246. The Balaban J connectivity index is 1.31. The van der Waals surface area contributed by atoms with E-state index < -0.39 is 0 Å². The minimum Gasteiger partial charge on any atom is -0.440 e. The van der Waals surface area contributed by atoms with Crippen molar-refractivity contribution >= 4 is 39.8 Å². The Morgan fingerprint density at radius 3 is 2.64 bits per heavy atom. The summed E-state index contributed by atoms with van der Waals surface area (Å²) in [7, 11) is 0. The quantitative estimate of drug-likeness (QED) is 0.367. The maximum Gasteiger partial charge on any atom is 0.206 e. The lowest BCUT2D eigenvalue weighted by Gasteiger charge is -2.01. The summed E-state index contributed by atoms with van der Waals surface area (Å²) >= 11 is 8.86. The molecule has 0 saturated heterocycles. The number of hydrogen-bond donors (Lipinski definition) is 1. The average Bonchev–Trinajstić information content (AvgIpc) is 3.36. The normalized spacial score (nSPS) is 10.9. The second-order valence-corrected chi connectivity index (χ2v) is 8.40. The van der Waals surface area contributed by atoms with E-state index in [1.54, 1.807) is 18.3 Å². The highest BCUT2D eigenvalue weighted by atomic mass is 35.5. The van der Waals surface area contributed by atoms with Crippen molar-refractivity contribution in [2.45, 2.75) is 16.6 Å². The van der Waals surface area contributed by atoms with E-state index in [2.05, 4.69) is 20.5 Å². The van der Waals surface area contributed by atoms with E-state index in [0.717, 1.165) is 15.5 Å². The zero-order valence-electron chi connectivity index (χ0n) is 14.4. The summed E-state index contributed by atoms with van der Waals surface area (Å²) in [6.07, 6.45) is 1.70. The monoisotopic (exact) mass is 432 g/mol. The van der Waals surface area contributed by atoms with Crippen LogP contribution in [0.3, 0.4) is 0 Å². The molecule has 5 nitrogen and oxygen atoms in total. The summed E-state index contributed by atoms with van der Waals surface area (Å²) in [5.41, 5.74) is 1.90. The second kappa shape index (κ2) is 8.72. The van der Waals surface area contributed by atoms with Gasteiger partial charge in [0, 0.05) is 17.1 Å². The number of nitrogens with one attached hydrogen (secondary N) is 1. The first-order valence-corrected chi connectivity index (χ1v) is 10.5. The third-order valence-electron chi connectivity index (χ3n) is 3.76. The zero-order valence-corrected chi connectivity index (χ0v) is 16.8. The summed E-state index contributed by atoms with van der Waals surface area (Å²) in [6.45, 7) is 0.559. The lowest BCUT2D eigenvalue weighted by Crippen LogP contribution is -1.98. The first-order chi connectivity index (χ1) is 13.7. The van der Waals surface area contributed by atoms with Crippen LogP contribution in [-0.2, 0) is 12.3 Å². The summed E-state index contributed by atoms with van der Waals surface area (Å²) in [6, 6.07) is 13.8. The molecule has 9 heteroatoms. The molecule has 0 aliphatic carbocycles. The lowest BCUT2D eigenvalue weighted by atomic mass is 10.2. The average molecular weight is 433 g/mol. The molecule has 0 bridgehead atoms. The molecule has 0 spiro atoms. The fraction of sp³-hybridized carbons (Fsp3) is 0.105. The molecule has 0 aliphatic heterocycles. The van der Waals surface area contributed by atoms with Crippen molar-refractivity contribution in [2.24, 2.45) is 0 Å². The molecular weight excluding hydrogens is 419 g/mol. The molecule has 2 heterocycles. The Labute approximate surface area is 174 Å². The SMILES string of the molecule is Fc1ccc(CNc2nnc(SCc3ncc(-c4ccc(Cl)cc4)o3)s2)cc1. The number of halogens is 2. The van der Waals surface area contributed by atoms with Crippen molar-refractivity contribution in [1.82, 2.24) is 15.2 Å². The Morgan fingerprint density at radius 2 is 1.86 bits per heavy atom. The van der Waals surface area contributed by atoms with Gasteiger partial charge in [0.15, 0.2) is 10.1 Å². The topological polar surface area (TPSA) is 63.8 Å². The molecule has 0 aliphatic rings. The maximum atomic E-state index is 12.9. The van der Waals surface area contributed by atoms with E-state index in [4.69, 9.17) is 16.0 Å². The van der Waals surface area contributed by atoms with Gasteiger partial charge in [0.05, 0.1) is 11.9 Å². The molecule has 0 fully saturated rings. The van der Waals surface area contributed by atoms with Gasteiger partial charge in [-0.3, -0.25) is 0 Å². The van der Waals surface area contributed by atoms with Crippen molar-refractivity contribution < 1.29 is 8.81 Å². The van der Waals surface area contributed by atoms with Gasteiger partial charge in [0.1, 0.15) is 5.82 Å². The van der Waals surface area contributed by atoms with Crippen LogP contribution in [0.2, 0.25) is 5.02 Å². The van der Waals surface area contributed by atoms with Crippen LogP contribution in [0.4, 0.5) is 9.52 Å². The Hall–Kier alpha value is -2.42. The van der Waals surface area contributed by atoms with Crippen molar-refractivity contribution in [3.05, 3.63) is 77.0 Å². The molecule has 142 valence electrons. The third-order valence-corrected chi connectivity index (χ3v) is 6.02. The van der Waals surface area contributed by atoms with Crippen molar-refractivity contribution in [3.8, 4) is 11.3 Å². The minimum atomic E-state index is -0.246. The van der Waals surface area contributed by atoms with E-state index in [1.807, 2.05) is 24.3 Å². The Bertz CT molecular complexity index is 1050. The van der Waals surface area contributed by atoms with Crippen LogP contribution in [0.1, 0.15) is 11.5 Å². The van der Waals surface area contributed by atoms with Crippen molar-refractivity contribution in [1.29, 1.82) is 0 Å². The number of hydrogen-bond acceptors (Lipinski definition) is 7. The highest BCUT2D eigenvalue weighted by molar-refractivity contribution is 8.00. The molecule has 0 radical (unpaired) electrons. The number of aromatic nitrogens is 3. The molecule has 0 atom stereocenters. The van der Waals surface area contributed by atoms with Crippen molar-refractivity contribution in [2.75, 3.05) is 5.32 Å². The van der Waals surface area contributed by atoms with E-state index in [9.17, 15) is 4.39 Å². The van der Waals surface area contributed by atoms with Crippen molar-refractivity contribution in [3.63, 3.8) is 0 Å². The first kappa shape index (κ1) is 18.9. The molecule has 0 amide bonds. The van der Waals surface area contributed by atoms with E-state index >= 15 is 0 Å². The van der Waals surface area contributed by atoms with Gasteiger partial charge < -0.3 is 9.73 Å². The molecule has 0 saturated carbocycles. The Morgan fingerprint density at radius 1 is 1.07 bits per heavy atom. The molecular formula is C19H14ClFN4OS2. The number of anilines is 1. The summed E-state index contributed by atoms with van der Waals surface area (Å²) in [5, 5.41) is 12.9. The van der Waals surface area contributed by atoms with Crippen LogP contribution in [0.15, 0.2) is 63.5 Å². The molecule has 4 rings (SSSR count). The fourth-order valence-electron chi connectivity index (χ4n) is 2.37. The lowest BCUT2D eigenvalue weighted by molar-refractivity contribution is 0.530. The maximum absolute atomic E-state index is 12.9. The third kappa shape index (κ3) is 4.89. The van der Waals surface area contributed by atoms with Gasteiger partial charge in [0.2, 0.25) is 11.0 Å². The Kier molecular flexibility index (Phi) is 5.90. The van der Waals surface area contributed by atoms with Gasteiger partial charge in [0.25, 0.3) is 0 Å².